The number of hydrogen-bond donors (Lipinski definition) is 1. The quantitative estimate of drug-likeness (QED) is 0.852. The maximum Gasteiger partial charge on any atom is 0.258 e. The molecule has 0 spiro atoms. The molecule has 0 amide bonds. The van der Waals surface area contributed by atoms with Crippen molar-refractivity contribution in [1.82, 2.24) is 9.47 Å². The molecule has 1 aromatic heterocycles. The Morgan fingerprint density at radius 3 is 2.75 bits per heavy atom. The summed E-state index contributed by atoms with van der Waals surface area (Å²) in [6.45, 7) is 3.12. The molecule has 0 bridgehead atoms. The van der Waals surface area contributed by atoms with E-state index >= 15 is 0 Å². The number of hydrogen-bond acceptors (Lipinski definition) is 6. The highest BCUT2D eigenvalue weighted by molar-refractivity contribution is 5.56. The molecule has 1 aromatic carbocycles. The molecule has 146 valence electrons. The second-order valence-corrected chi connectivity index (χ2v) is 7.03. The van der Waals surface area contributed by atoms with Crippen LogP contribution in [-0.4, -0.2) is 37.2 Å². The fourth-order valence-corrected chi connectivity index (χ4v) is 3.42. The number of rotatable bonds is 5. The highest BCUT2D eigenvalue weighted by Gasteiger charge is 2.34. The summed E-state index contributed by atoms with van der Waals surface area (Å²) in [4.78, 5) is 15.4. The molecule has 7 heteroatoms. The van der Waals surface area contributed by atoms with Gasteiger partial charge in [-0.05, 0) is 38.7 Å². The third kappa shape index (κ3) is 3.47. The first kappa shape index (κ1) is 19.5. The Bertz CT molecular complexity index is 1030. The lowest BCUT2D eigenvalue weighted by Gasteiger charge is -2.27. The average molecular weight is 380 g/mol. The molecule has 2 aromatic rings. The van der Waals surface area contributed by atoms with Crippen molar-refractivity contribution >= 4 is 0 Å². The fraction of sp³-hybridized carbons (Fsp3) is 0.333. The molecule has 3 rings (SSSR count). The highest BCUT2D eigenvalue weighted by Crippen LogP contribution is 2.41. The first-order chi connectivity index (χ1) is 13.4. The van der Waals surface area contributed by atoms with Crippen LogP contribution in [0.2, 0.25) is 0 Å². The first-order valence-corrected chi connectivity index (χ1v) is 8.98. The van der Waals surface area contributed by atoms with Gasteiger partial charge in [-0.15, -0.1) is 0 Å². The maximum absolute atomic E-state index is 13.4. The number of aromatic nitrogens is 1. The summed E-state index contributed by atoms with van der Waals surface area (Å²) in [6, 6.07) is 11.2. The topological polar surface area (TPSA) is 93.5 Å². The second-order valence-electron chi connectivity index (χ2n) is 7.03. The SMILES string of the molecule is COc1cccc([C@@H]2C(C#N)=C(N)Oc3cc(C)n(CCN(C)C)c(=O)c32)c1. The van der Waals surface area contributed by atoms with E-state index in [-0.39, 0.29) is 17.0 Å². The highest BCUT2D eigenvalue weighted by atomic mass is 16.5. The Hall–Kier alpha value is -3.24. The van der Waals surface area contributed by atoms with Crippen LogP contribution in [-0.2, 0) is 6.54 Å². The van der Waals surface area contributed by atoms with Crippen LogP contribution in [0.1, 0.15) is 22.7 Å². The van der Waals surface area contributed by atoms with E-state index < -0.39 is 5.92 Å². The molecular weight excluding hydrogens is 356 g/mol. The van der Waals surface area contributed by atoms with Crippen LogP contribution < -0.4 is 20.8 Å². The third-order valence-electron chi connectivity index (χ3n) is 4.89. The van der Waals surface area contributed by atoms with Crippen molar-refractivity contribution in [2.24, 2.45) is 5.73 Å². The van der Waals surface area contributed by atoms with Gasteiger partial charge in [0, 0.05) is 24.8 Å². The number of ether oxygens (including phenoxy) is 2. The van der Waals surface area contributed by atoms with E-state index in [9.17, 15) is 10.1 Å². The van der Waals surface area contributed by atoms with Crippen molar-refractivity contribution in [1.29, 1.82) is 5.26 Å². The number of nitrogens with two attached hydrogens (primary N) is 1. The summed E-state index contributed by atoms with van der Waals surface area (Å²) in [5.74, 6) is 0.449. The molecule has 0 saturated heterocycles. The number of benzene rings is 1. The average Bonchev–Trinajstić information content (AvgIpc) is 2.66. The van der Waals surface area contributed by atoms with E-state index in [1.165, 1.54) is 0 Å². The van der Waals surface area contributed by atoms with Gasteiger partial charge in [0.2, 0.25) is 5.88 Å². The van der Waals surface area contributed by atoms with Crippen molar-refractivity contribution in [3.8, 4) is 17.6 Å². The normalized spacial score (nSPS) is 15.8. The van der Waals surface area contributed by atoms with Crippen LogP contribution in [0.4, 0.5) is 0 Å². The summed E-state index contributed by atoms with van der Waals surface area (Å²) in [5, 5.41) is 9.72. The van der Waals surface area contributed by atoms with Gasteiger partial charge in [0.25, 0.3) is 5.56 Å². The molecule has 2 N–H and O–H groups in total. The predicted molar refractivity (Wildman–Crippen MR) is 106 cm³/mol. The lowest BCUT2D eigenvalue weighted by atomic mass is 9.84. The van der Waals surface area contributed by atoms with Gasteiger partial charge in [0.15, 0.2) is 0 Å². The zero-order chi connectivity index (χ0) is 20.4. The van der Waals surface area contributed by atoms with Crippen LogP contribution in [0.15, 0.2) is 46.6 Å². The predicted octanol–water partition coefficient (Wildman–Crippen LogP) is 1.95. The molecule has 0 fully saturated rings. The van der Waals surface area contributed by atoms with Gasteiger partial charge >= 0.3 is 0 Å². The Morgan fingerprint density at radius 1 is 1.36 bits per heavy atom. The number of aryl methyl sites for hydroxylation is 1. The molecule has 28 heavy (non-hydrogen) atoms. The Morgan fingerprint density at radius 2 is 2.11 bits per heavy atom. The van der Waals surface area contributed by atoms with Crippen LogP contribution in [0.5, 0.6) is 11.5 Å². The molecule has 0 unspecified atom stereocenters. The molecule has 7 nitrogen and oxygen atoms in total. The second kappa shape index (κ2) is 7.79. The summed E-state index contributed by atoms with van der Waals surface area (Å²) in [7, 11) is 5.49. The summed E-state index contributed by atoms with van der Waals surface area (Å²) in [5.41, 5.74) is 8.03. The minimum absolute atomic E-state index is 0.0210. The first-order valence-electron chi connectivity index (χ1n) is 8.98. The molecular formula is C21H24N4O3. The van der Waals surface area contributed by atoms with Crippen molar-refractivity contribution < 1.29 is 9.47 Å². The molecule has 1 atom stereocenters. The summed E-state index contributed by atoms with van der Waals surface area (Å²) >= 11 is 0. The van der Waals surface area contributed by atoms with Crippen molar-refractivity contribution in [2.45, 2.75) is 19.4 Å². The Balaban J connectivity index is 2.24. The zero-order valence-electron chi connectivity index (χ0n) is 16.5. The Kier molecular flexibility index (Phi) is 5.43. The van der Waals surface area contributed by atoms with E-state index in [1.54, 1.807) is 17.7 Å². The molecule has 0 radical (unpaired) electrons. The van der Waals surface area contributed by atoms with Crippen LogP contribution in [0, 0.1) is 18.3 Å². The van der Waals surface area contributed by atoms with Crippen molar-refractivity contribution in [3.63, 3.8) is 0 Å². The lowest BCUT2D eigenvalue weighted by Crippen LogP contribution is -2.34. The molecule has 1 aliphatic rings. The van der Waals surface area contributed by atoms with E-state index in [0.29, 0.717) is 30.2 Å². The number of allylic oxidation sites excluding steroid dienone is 1. The standard InChI is InChI=1S/C21H24N4O3/c1-13-10-17-19(21(26)25(13)9-8-24(2)3)18(16(12-22)20(23)28-17)14-6-5-7-15(11-14)27-4/h5-7,10-11,18H,8-9,23H2,1-4H3/t18-/m1/s1. The smallest absolute Gasteiger partial charge is 0.258 e. The number of fused-ring (bicyclic) bond motifs is 1. The van der Waals surface area contributed by atoms with Gasteiger partial charge < -0.3 is 24.7 Å². The molecule has 1 aliphatic heterocycles. The maximum atomic E-state index is 13.4. The van der Waals surface area contributed by atoms with Crippen molar-refractivity contribution in [3.05, 3.63) is 69.0 Å². The molecule has 0 aliphatic carbocycles. The summed E-state index contributed by atoms with van der Waals surface area (Å²) < 4.78 is 12.7. The van der Waals surface area contributed by atoms with Gasteiger partial charge in [-0.1, -0.05) is 12.1 Å². The minimum atomic E-state index is -0.609. The van der Waals surface area contributed by atoms with Gasteiger partial charge in [-0.2, -0.15) is 5.26 Å². The monoisotopic (exact) mass is 380 g/mol. The molecule has 0 saturated carbocycles. The van der Waals surface area contributed by atoms with Gasteiger partial charge in [0.05, 0.1) is 18.6 Å². The van der Waals surface area contributed by atoms with Gasteiger partial charge in [0.1, 0.15) is 23.1 Å². The van der Waals surface area contributed by atoms with E-state index in [1.807, 2.05) is 50.2 Å². The van der Waals surface area contributed by atoms with Crippen LogP contribution in [0.3, 0.4) is 0 Å². The Labute approximate surface area is 164 Å². The zero-order valence-corrected chi connectivity index (χ0v) is 16.5. The van der Waals surface area contributed by atoms with Gasteiger partial charge in [-0.3, -0.25) is 4.79 Å². The number of nitrogens with zero attached hydrogens (tertiary/aromatic N) is 3. The van der Waals surface area contributed by atoms with Crippen molar-refractivity contribution in [2.75, 3.05) is 27.7 Å². The number of methoxy groups -OCH3 is 1. The van der Waals surface area contributed by atoms with E-state index in [4.69, 9.17) is 15.2 Å². The third-order valence-corrected chi connectivity index (χ3v) is 4.89. The summed E-state index contributed by atoms with van der Waals surface area (Å²) in [6.07, 6.45) is 0. The van der Waals surface area contributed by atoms with Gasteiger partial charge in [-0.25, -0.2) is 0 Å². The van der Waals surface area contributed by atoms with E-state index in [2.05, 4.69) is 6.07 Å². The van der Waals surface area contributed by atoms with E-state index in [0.717, 1.165) is 11.3 Å². The van der Waals surface area contributed by atoms with Crippen LogP contribution in [0.25, 0.3) is 0 Å². The largest absolute Gasteiger partial charge is 0.497 e. The number of likely N-dealkylation sites (N-methyl/N-ethyl adjacent to an activating group) is 1. The fourth-order valence-electron chi connectivity index (χ4n) is 3.42. The number of nitriles is 1. The van der Waals surface area contributed by atoms with Crippen LogP contribution >= 0.6 is 0 Å². The minimum Gasteiger partial charge on any atom is -0.497 e. The molecule has 2 heterocycles. The number of pyridine rings is 1. The lowest BCUT2D eigenvalue weighted by molar-refractivity contribution is 0.369.